The van der Waals surface area contributed by atoms with Crippen molar-refractivity contribution >= 4 is 0 Å². The minimum atomic E-state index is 0.352. The molecule has 0 amide bonds. The fourth-order valence-electron chi connectivity index (χ4n) is 2.49. The monoisotopic (exact) mass is 214 g/mol. The first-order valence-corrected chi connectivity index (χ1v) is 5.97. The summed E-state index contributed by atoms with van der Waals surface area (Å²) in [5.74, 6) is 0. The zero-order valence-electron chi connectivity index (χ0n) is 10.7. The van der Waals surface area contributed by atoms with Crippen molar-refractivity contribution in [3.05, 3.63) is 0 Å². The maximum atomic E-state index is 5.44. The van der Waals surface area contributed by atoms with E-state index >= 15 is 0 Å². The highest BCUT2D eigenvalue weighted by Crippen LogP contribution is 2.20. The van der Waals surface area contributed by atoms with E-state index in [0.29, 0.717) is 11.5 Å². The summed E-state index contributed by atoms with van der Waals surface area (Å²) in [7, 11) is 3.85. The van der Waals surface area contributed by atoms with Crippen molar-refractivity contribution in [1.82, 2.24) is 10.2 Å². The first kappa shape index (κ1) is 12.9. The third-order valence-corrected chi connectivity index (χ3v) is 3.10. The smallest absolute Gasteiger partial charge is 0.0698 e. The van der Waals surface area contributed by atoms with Gasteiger partial charge in [-0.3, -0.25) is 0 Å². The van der Waals surface area contributed by atoms with Gasteiger partial charge in [-0.05, 0) is 31.8 Å². The molecule has 0 radical (unpaired) electrons. The Labute approximate surface area is 94.2 Å². The molecule has 0 aromatic carbocycles. The Balaban J connectivity index is 2.36. The van der Waals surface area contributed by atoms with E-state index in [9.17, 15) is 0 Å². The van der Waals surface area contributed by atoms with Gasteiger partial charge >= 0.3 is 0 Å². The van der Waals surface area contributed by atoms with Crippen molar-refractivity contribution < 1.29 is 4.74 Å². The van der Waals surface area contributed by atoms with Crippen LogP contribution >= 0.6 is 0 Å². The van der Waals surface area contributed by atoms with Crippen molar-refractivity contribution in [2.24, 2.45) is 5.41 Å². The van der Waals surface area contributed by atoms with Crippen molar-refractivity contribution in [1.29, 1.82) is 0 Å². The lowest BCUT2D eigenvalue weighted by Crippen LogP contribution is -2.46. The maximum absolute atomic E-state index is 5.44. The third kappa shape index (κ3) is 4.49. The summed E-state index contributed by atoms with van der Waals surface area (Å²) in [5, 5.41) is 3.26. The fraction of sp³-hybridized carbons (Fsp3) is 1.00. The molecular formula is C12H26N2O. The van der Waals surface area contributed by atoms with Gasteiger partial charge in [0.2, 0.25) is 0 Å². The Bertz CT molecular complexity index is 182. The average Bonchev–Trinajstić information content (AvgIpc) is 2.17. The summed E-state index contributed by atoms with van der Waals surface area (Å²) < 4.78 is 5.44. The number of hydrogen-bond acceptors (Lipinski definition) is 3. The molecule has 0 bridgehead atoms. The molecule has 1 heterocycles. The van der Waals surface area contributed by atoms with Crippen LogP contribution in [0.4, 0.5) is 0 Å². The zero-order chi connectivity index (χ0) is 11.3. The van der Waals surface area contributed by atoms with Crippen LogP contribution in [-0.2, 0) is 4.74 Å². The SMILES string of the molecule is CNCC(C)(C)CN1CCCC(OC)C1. The molecule has 1 unspecified atom stereocenters. The molecule has 1 aliphatic rings. The third-order valence-electron chi connectivity index (χ3n) is 3.10. The van der Waals surface area contributed by atoms with Crippen LogP contribution in [0.1, 0.15) is 26.7 Å². The second kappa shape index (κ2) is 5.83. The second-order valence-electron chi connectivity index (χ2n) is 5.43. The molecule has 90 valence electrons. The largest absolute Gasteiger partial charge is 0.380 e. The van der Waals surface area contributed by atoms with Crippen molar-refractivity contribution in [2.45, 2.75) is 32.8 Å². The predicted molar refractivity (Wildman–Crippen MR) is 64.2 cm³/mol. The molecule has 1 saturated heterocycles. The Morgan fingerprint density at radius 2 is 2.20 bits per heavy atom. The Morgan fingerprint density at radius 3 is 2.80 bits per heavy atom. The number of piperidine rings is 1. The van der Waals surface area contributed by atoms with Gasteiger partial charge in [0.25, 0.3) is 0 Å². The maximum Gasteiger partial charge on any atom is 0.0698 e. The van der Waals surface area contributed by atoms with E-state index in [0.717, 1.165) is 19.6 Å². The summed E-state index contributed by atoms with van der Waals surface area (Å²) in [6.07, 6.45) is 2.94. The highest BCUT2D eigenvalue weighted by Gasteiger charge is 2.25. The molecule has 1 N–H and O–H groups in total. The first-order valence-electron chi connectivity index (χ1n) is 5.97. The average molecular weight is 214 g/mol. The summed E-state index contributed by atoms with van der Waals surface area (Å²) in [6.45, 7) is 9.20. The molecule has 3 nitrogen and oxygen atoms in total. The fourth-order valence-corrected chi connectivity index (χ4v) is 2.49. The number of nitrogens with zero attached hydrogens (tertiary/aromatic N) is 1. The standard InChI is InChI=1S/C12H26N2O/c1-12(2,9-13-3)10-14-7-5-6-11(8-14)15-4/h11,13H,5-10H2,1-4H3. The normalized spacial score (nSPS) is 24.4. The molecule has 0 aliphatic carbocycles. The van der Waals surface area contributed by atoms with Crippen molar-refractivity contribution in [3.8, 4) is 0 Å². The highest BCUT2D eigenvalue weighted by atomic mass is 16.5. The lowest BCUT2D eigenvalue weighted by atomic mass is 9.91. The minimum absolute atomic E-state index is 0.352. The van der Waals surface area contributed by atoms with E-state index in [1.54, 1.807) is 0 Å². The van der Waals surface area contributed by atoms with Crippen LogP contribution in [0.5, 0.6) is 0 Å². The number of ether oxygens (including phenoxy) is 1. The quantitative estimate of drug-likeness (QED) is 0.747. The number of likely N-dealkylation sites (tertiary alicyclic amines) is 1. The van der Waals surface area contributed by atoms with Gasteiger partial charge in [0.05, 0.1) is 6.10 Å². The summed E-state index contributed by atoms with van der Waals surface area (Å²) >= 11 is 0. The number of rotatable bonds is 5. The van der Waals surface area contributed by atoms with E-state index < -0.39 is 0 Å². The van der Waals surface area contributed by atoms with E-state index in [1.165, 1.54) is 19.4 Å². The lowest BCUT2D eigenvalue weighted by Gasteiger charge is -2.37. The van der Waals surface area contributed by atoms with Gasteiger partial charge in [-0.25, -0.2) is 0 Å². The minimum Gasteiger partial charge on any atom is -0.380 e. The van der Waals surface area contributed by atoms with Gasteiger partial charge in [-0.15, -0.1) is 0 Å². The summed E-state index contributed by atoms with van der Waals surface area (Å²) in [6, 6.07) is 0. The predicted octanol–water partition coefficient (Wildman–Crippen LogP) is 1.34. The number of methoxy groups -OCH3 is 1. The van der Waals surface area contributed by atoms with Crippen molar-refractivity contribution in [2.75, 3.05) is 40.3 Å². The van der Waals surface area contributed by atoms with Gasteiger partial charge in [-0.2, -0.15) is 0 Å². The number of hydrogen-bond donors (Lipinski definition) is 1. The van der Waals surface area contributed by atoms with Crippen molar-refractivity contribution in [3.63, 3.8) is 0 Å². The van der Waals surface area contributed by atoms with Crippen LogP contribution in [0.25, 0.3) is 0 Å². The molecule has 3 heteroatoms. The second-order valence-corrected chi connectivity index (χ2v) is 5.43. The molecule has 1 rings (SSSR count). The molecule has 1 atom stereocenters. The topological polar surface area (TPSA) is 24.5 Å². The Kier molecular flexibility index (Phi) is 5.03. The van der Waals surface area contributed by atoms with Gasteiger partial charge in [-0.1, -0.05) is 13.8 Å². The van der Waals surface area contributed by atoms with Gasteiger partial charge in [0, 0.05) is 26.7 Å². The zero-order valence-corrected chi connectivity index (χ0v) is 10.7. The van der Waals surface area contributed by atoms with E-state index in [-0.39, 0.29) is 0 Å². The molecule has 1 aliphatic heterocycles. The van der Waals surface area contributed by atoms with E-state index in [4.69, 9.17) is 4.74 Å². The molecule has 15 heavy (non-hydrogen) atoms. The molecule has 0 spiro atoms. The molecule has 0 saturated carbocycles. The van der Waals surface area contributed by atoms with Crippen LogP contribution < -0.4 is 5.32 Å². The van der Waals surface area contributed by atoms with Gasteiger partial charge in [0.1, 0.15) is 0 Å². The van der Waals surface area contributed by atoms with Crippen LogP contribution in [0.15, 0.2) is 0 Å². The molecular weight excluding hydrogens is 188 g/mol. The highest BCUT2D eigenvalue weighted by molar-refractivity contribution is 4.80. The lowest BCUT2D eigenvalue weighted by molar-refractivity contribution is 0.0186. The van der Waals surface area contributed by atoms with E-state index in [2.05, 4.69) is 24.1 Å². The summed E-state index contributed by atoms with van der Waals surface area (Å²) in [4.78, 5) is 2.54. The Hall–Kier alpha value is -0.120. The summed E-state index contributed by atoms with van der Waals surface area (Å²) in [5.41, 5.74) is 0.352. The number of nitrogens with one attached hydrogen (secondary N) is 1. The molecule has 0 aromatic heterocycles. The van der Waals surface area contributed by atoms with Crippen LogP contribution in [0.2, 0.25) is 0 Å². The van der Waals surface area contributed by atoms with Crippen LogP contribution in [0, 0.1) is 5.41 Å². The Morgan fingerprint density at radius 1 is 1.47 bits per heavy atom. The van der Waals surface area contributed by atoms with Crippen LogP contribution in [0.3, 0.4) is 0 Å². The molecule has 0 aromatic rings. The van der Waals surface area contributed by atoms with Gasteiger partial charge < -0.3 is 15.0 Å². The van der Waals surface area contributed by atoms with Gasteiger partial charge in [0.15, 0.2) is 0 Å². The molecule has 1 fully saturated rings. The van der Waals surface area contributed by atoms with Crippen LogP contribution in [-0.4, -0.2) is 51.3 Å². The first-order chi connectivity index (χ1) is 7.07. The van der Waals surface area contributed by atoms with E-state index in [1.807, 2.05) is 14.2 Å².